The van der Waals surface area contributed by atoms with Crippen molar-refractivity contribution >= 4 is 17.5 Å². The molecule has 0 bridgehead atoms. The van der Waals surface area contributed by atoms with E-state index in [4.69, 9.17) is 5.26 Å². The molecule has 0 saturated carbocycles. The van der Waals surface area contributed by atoms with E-state index in [9.17, 15) is 4.79 Å². The maximum absolute atomic E-state index is 12.2. The fourth-order valence-electron chi connectivity index (χ4n) is 4.43. The number of fused-ring (bicyclic) bond motifs is 3. The molecule has 4 rings (SSSR count). The van der Waals surface area contributed by atoms with Gasteiger partial charge in [0.1, 0.15) is 24.4 Å². The molecule has 1 fully saturated rings. The van der Waals surface area contributed by atoms with Gasteiger partial charge in [0.15, 0.2) is 0 Å². The van der Waals surface area contributed by atoms with Crippen LogP contribution in [0.4, 0.5) is 11.6 Å². The topological polar surface area (TPSA) is 85.2 Å². The van der Waals surface area contributed by atoms with Gasteiger partial charge >= 0.3 is 0 Å². The van der Waals surface area contributed by atoms with Crippen molar-refractivity contribution in [2.75, 3.05) is 30.4 Å². The van der Waals surface area contributed by atoms with Gasteiger partial charge in [0.05, 0.1) is 18.2 Å². The lowest BCUT2D eigenvalue weighted by atomic mass is 9.71. The first kappa shape index (κ1) is 16.8. The average molecular weight is 352 g/mol. The highest BCUT2D eigenvalue weighted by Gasteiger charge is 2.49. The van der Waals surface area contributed by atoms with Crippen LogP contribution in [0.1, 0.15) is 32.3 Å². The number of likely N-dealkylation sites (tertiary alicyclic amines) is 1. The number of amides is 1. The van der Waals surface area contributed by atoms with Gasteiger partial charge in [0.2, 0.25) is 5.91 Å². The molecular formula is C19H24N6O. The Morgan fingerprint density at radius 2 is 2.35 bits per heavy atom. The van der Waals surface area contributed by atoms with Gasteiger partial charge in [0, 0.05) is 31.1 Å². The number of nitrogens with zero attached hydrogens (tertiary/aromatic N) is 5. The summed E-state index contributed by atoms with van der Waals surface area (Å²) >= 11 is 0. The predicted octanol–water partition coefficient (Wildman–Crippen LogP) is 1.69. The quantitative estimate of drug-likeness (QED) is 0.833. The summed E-state index contributed by atoms with van der Waals surface area (Å²) in [5.74, 6) is 2.19. The first-order valence-electron chi connectivity index (χ1n) is 9.14. The lowest BCUT2D eigenvalue weighted by Gasteiger charge is -2.43. The van der Waals surface area contributed by atoms with Gasteiger partial charge in [0.25, 0.3) is 0 Å². The first-order valence-corrected chi connectivity index (χ1v) is 9.14. The number of hydrogen-bond acceptors (Lipinski definition) is 6. The highest BCUT2D eigenvalue weighted by atomic mass is 16.2. The molecule has 0 spiro atoms. The summed E-state index contributed by atoms with van der Waals surface area (Å²) < 4.78 is 0. The molecule has 136 valence electrons. The van der Waals surface area contributed by atoms with Crippen LogP contribution in [-0.4, -0.2) is 53.0 Å². The number of rotatable bonds is 3. The van der Waals surface area contributed by atoms with E-state index in [2.05, 4.69) is 53.2 Å². The Hall–Kier alpha value is -2.62. The van der Waals surface area contributed by atoms with Crippen LogP contribution >= 0.6 is 0 Å². The molecule has 3 heterocycles. The largest absolute Gasteiger partial charge is 0.362 e. The van der Waals surface area contributed by atoms with Crippen molar-refractivity contribution in [1.82, 2.24) is 14.9 Å². The zero-order valence-corrected chi connectivity index (χ0v) is 15.4. The average Bonchev–Trinajstić information content (AvgIpc) is 2.83. The van der Waals surface area contributed by atoms with Crippen molar-refractivity contribution in [2.24, 2.45) is 5.92 Å². The molecule has 3 aliphatic rings. The minimum atomic E-state index is -0.0821. The molecule has 1 aliphatic carbocycles. The van der Waals surface area contributed by atoms with E-state index in [0.29, 0.717) is 12.5 Å². The second kappa shape index (κ2) is 5.97. The fourth-order valence-corrected chi connectivity index (χ4v) is 4.43. The third-order valence-corrected chi connectivity index (χ3v) is 6.27. The van der Waals surface area contributed by atoms with E-state index >= 15 is 0 Å². The minimum Gasteiger partial charge on any atom is -0.362 e. The van der Waals surface area contributed by atoms with Crippen LogP contribution in [0.2, 0.25) is 0 Å². The maximum Gasteiger partial charge on any atom is 0.236 e. The van der Waals surface area contributed by atoms with E-state index in [1.807, 2.05) is 11.0 Å². The SMILES string of the molecule is CC1CCN(C(=O)CC#N)CC1N(C)c1ncnc2c1C1(C)C=CC1N2. The van der Waals surface area contributed by atoms with Crippen molar-refractivity contribution in [2.45, 2.75) is 44.2 Å². The van der Waals surface area contributed by atoms with Crippen LogP contribution in [0.5, 0.6) is 0 Å². The highest BCUT2D eigenvalue weighted by molar-refractivity contribution is 5.78. The number of piperidine rings is 1. The number of hydrogen-bond donors (Lipinski definition) is 1. The number of aromatic nitrogens is 2. The summed E-state index contributed by atoms with van der Waals surface area (Å²) in [6.07, 6.45) is 6.86. The molecule has 0 aromatic carbocycles. The number of carbonyl (C=O) groups excluding carboxylic acids is 1. The van der Waals surface area contributed by atoms with E-state index in [-0.39, 0.29) is 29.8 Å². The number of likely N-dealkylation sites (N-methyl/N-ethyl adjacent to an activating group) is 1. The number of nitrogens with one attached hydrogen (secondary N) is 1. The van der Waals surface area contributed by atoms with Crippen molar-refractivity contribution in [3.05, 3.63) is 24.0 Å². The van der Waals surface area contributed by atoms with Crippen molar-refractivity contribution in [3.63, 3.8) is 0 Å². The molecule has 1 saturated heterocycles. The molecule has 4 atom stereocenters. The Morgan fingerprint density at radius 3 is 3.04 bits per heavy atom. The third kappa shape index (κ3) is 2.36. The molecule has 7 nitrogen and oxygen atoms in total. The molecule has 7 heteroatoms. The third-order valence-electron chi connectivity index (χ3n) is 6.27. The van der Waals surface area contributed by atoms with Gasteiger partial charge in [-0.3, -0.25) is 4.79 Å². The van der Waals surface area contributed by atoms with E-state index < -0.39 is 0 Å². The summed E-state index contributed by atoms with van der Waals surface area (Å²) in [6.45, 7) is 5.78. The fraction of sp³-hybridized carbons (Fsp3) is 0.579. The van der Waals surface area contributed by atoms with Crippen molar-refractivity contribution < 1.29 is 4.79 Å². The minimum absolute atomic E-state index is 0.0534. The Bertz CT molecular complexity index is 815. The van der Waals surface area contributed by atoms with Crippen molar-refractivity contribution in [1.29, 1.82) is 5.26 Å². The van der Waals surface area contributed by atoms with E-state index in [0.717, 1.165) is 30.2 Å². The molecule has 4 unspecified atom stereocenters. The zero-order chi connectivity index (χ0) is 18.5. The summed E-state index contributed by atoms with van der Waals surface area (Å²) in [6, 6.07) is 2.41. The number of carbonyl (C=O) groups is 1. The molecule has 1 amide bonds. The smallest absolute Gasteiger partial charge is 0.236 e. The van der Waals surface area contributed by atoms with E-state index in [1.54, 1.807) is 6.33 Å². The maximum atomic E-state index is 12.2. The van der Waals surface area contributed by atoms with Crippen LogP contribution in [0.25, 0.3) is 0 Å². The second-order valence-electron chi connectivity index (χ2n) is 7.80. The van der Waals surface area contributed by atoms with Gasteiger partial charge in [-0.25, -0.2) is 9.97 Å². The predicted molar refractivity (Wildman–Crippen MR) is 98.7 cm³/mol. The van der Waals surface area contributed by atoms with Crippen LogP contribution in [0, 0.1) is 17.2 Å². The summed E-state index contributed by atoms with van der Waals surface area (Å²) in [5, 5.41) is 12.3. The van der Waals surface area contributed by atoms with Crippen LogP contribution in [0.15, 0.2) is 18.5 Å². The summed E-state index contributed by atoms with van der Waals surface area (Å²) in [4.78, 5) is 25.3. The van der Waals surface area contributed by atoms with Crippen LogP contribution in [-0.2, 0) is 10.2 Å². The van der Waals surface area contributed by atoms with Gasteiger partial charge in [-0.15, -0.1) is 0 Å². The monoisotopic (exact) mass is 352 g/mol. The second-order valence-corrected chi connectivity index (χ2v) is 7.80. The van der Waals surface area contributed by atoms with Crippen LogP contribution < -0.4 is 10.2 Å². The Kier molecular flexibility index (Phi) is 3.87. The molecule has 1 aromatic rings. The Morgan fingerprint density at radius 1 is 1.54 bits per heavy atom. The van der Waals surface area contributed by atoms with Gasteiger partial charge in [-0.1, -0.05) is 19.1 Å². The molecular weight excluding hydrogens is 328 g/mol. The lowest BCUT2D eigenvalue weighted by Crippen LogP contribution is -2.53. The molecule has 1 aromatic heterocycles. The lowest BCUT2D eigenvalue weighted by molar-refractivity contribution is -0.131. The molecule has 26 heavy (non-hydrogen) atoms. The highest BCUT2D eigenvalue weighted by Crippen LogP contribution is 2.50. The number of nitriles is 1. The summed E-state index contributed by atoms with van der Waals surface area (Å²) in [5.41, 5.74) is 1.07. The molecule has 1 N–H and O–H groups in total. The molecule has 0 radical (unpaired) electrons. The van der Waals surface area contributed by atoms with Crippen LogP contribution in [0.3, 0.4) is 0 Å². The normalized spacial score (nSPS) is 31.3. The van der Waals surface area contributed by atoms with Gasteiger partial charge in [-0.05, 0) is 19.3 Å². The first-order chi connectivity index (χ1) is 12.5. The Balaban J connectivity index is 1.63. The molecule has 2 aliphatic heterocycles. The standard InChI is InChI=1S/C19H24N6O/c1-12-6-9-25(15(26)5-8-20)10-13(12)24(3)18-16-17(21-11-22-18)23-14-4-7-19(14,16)2/h4,7,11-14H,5-6,9-10H2,1-3H3,(H,21,22,23). The van der Waals surface area contributed by atoms with Gasteiger partial charge in [-0.2, -0.15) is 5.26 Å². The number of anilines is 2. The van der Waals surface area contributed by atoms with E-state index in [1.165, 1.54) is 0 Å². The summed E-state index contributed by atoms with van der Waals surface area (Å²) in [7, 11) is 2.06. The van der Waals surface area contributed by atoms with Gasteiger partial charge < -0.3 is 15.1 Å². The Labute approximate surface area is 153 Å². The van der Waals surface area contributed by atoms with Crippen molar-refractivity contribution in [3.8, 4) is 6.07 Å². The zero-order valence-electron chi connectivity index (χ0n) is 15.4.